The minimum atomic E-state index is -0.464. The molecule has 0 saturated heterocycles. The van der Waals surface area contributed by atoms with Gasteiger partial charge in [0.2, 0.25) is 0 Å². The van der Waals surface area contributed by atoms with Crippen LogP contribution in [0.4, 0.5) is 4.39 Å². The van der Waals surface area contributed by atoms with Crippen molar-refractivity contribution in [1.82, 2.24) is 5.32 Å². The van der Waals surface area contributed by atoms with E-state index in [1.807, 2.05) is 0 Å². The van der Waals surface area contributed by atoms with Crippen LogP contribution in [0.5, 0.6) is 0 Å². The molecule has 0 radical (unpaired) electrons. The predicted molar refractivity (Wildman–Crippen MR) is 68.0 cm³/mol. The van der Waals surface area contributed by atoms with E-state index in [9.17, 15) is 9.18 Å². The fraction of sp³-hybridized carbons (Fsp3) is 0.462. The molecule has 0 aromatic heterocycles. The second-order valence-corrected chi connectivity index (χ2v) is 3.95. The van der Waals surface area contributed by atoms with Crippen LogP contribution in [0.25, 0.3) is 0 Å². The van der Waals surface area contributed by atoms with Crippen molar-refractivity contribution in [1.29, 1.82) is 0 Å². The fourth-order valence-electron chi connectivity index (χ4n) is 1.48. The number of hydrogen-bond acceptors (Lipinski definition) is 3. The van der Waals surface area contributed by atoms with E-state index in [0.717, 1.165) is 0 Å². The molecule has 0 spiro atoms. The van der Waals surface area contributed by atoms with Crippen LogP contribution in [-0.4, -0.2) is 32.2 Å². The van der Waals surface area contributed by atoms with Crippen molar-refractivity contribution in [3.05, 3.63) is 35.1 Å². The quantitative estimate of drug-likeness (QED) is 0.719. The molecule has 18 heavy (non-hydrogen) atoms. The molecule has 5 heteroatoms. The first-order chi connectivity index (χ1) is 8.66. The topological polar surface area (TPSA) is 64.3 Å². The van der Waals surface area contributed by atoms with Gasteiger partial charge in [0.15, 0.2) is 0 Å². The van der Waals surface area contributed by atoms with Crippen LogP contribution in [-0.2, 0) is 4.74 Å². The van der Waals surface area contributed by atoms with Gasteiger partial charge in [-0.15, -0.1) is 0 Å². The number of nitrogens with one attached hydrogen (secondary N) is 1. The summed E-state index contributed by atoms with van der Waals surface area (Å²) in [5.74, 6) is -0.857. The Hall–Kier alpha value is -1.46. The lowest BCUT2D eigenvalue weighted by Crippen LogP contribution is -2.26. The fourth-order valence-corrected chi connectivity index (χ4v) is 1.48. The van der Waals surface area contributed by atoms with E-state index in [4.69, 9.17) is 10.5 Å². The highest BCUT2D eigenvalue weighted by atomic mass is 19.1. The molecule has 100 valence electrons. The van der Waals surface area contributed by atoms with Crippen molar-refractivity contribution < 1.29 is 13.9 Å². The molecular weight excluding hydrogens is 235 g/mol. The zero-order valence-electron chi connectivity index (χ0n) is 10.5. The van der Waals surface area contributed by atoms with Crippen molar-refractivity contribution in [2.75, 3.05) is 26.3 Å². The van der Waals surface area contributed by atoms with E-state index in [1.54, 1.807) is 19.1 Å². The molecule has 0 aliphatic carbocycles. The highest BCUT2D eigenvalue weighted by molar-refractivity contribution is 5.94. The van der Waals surface area contributed by atoms with E-state index in [0.29, 0.717) is 38.3 Å². The summed E-state index contributed by atoms with van der Waals surface area (Å²) in [5, 5.41) is 2.65. The average Bonchev–Trinajstić information content (AvgIpc) is 2.36. The molecule has 4 nitrogen and oxygen atoms in total. The number of ether oxygens (including phenoxy) is 1. The second-order valence-electron chi connectivity index (χ2n) is 3.95. The Kier molecular flexibility index (Phi) is 6.32. The summed E-state index contributed by atoms with van der Waals surface area (Å²) in [6.07, 6.45) is 0.680. The minimum Gasteiger partial charge on any atom is -0.380 e. The van der Waals surface area contributed by atoms with Gasteiger partial charge in [-0.3, -0.25) is 4.79 Å². The third-order valence-electron chi connectivity index (χ3n) is 2.45. The van der Waals surface area contributed by atoms with Crippen LogP contribution in [0, 0.1) is 12.7 Å². The first-order valence-corrected chi connectivity index (χ1v) is 5.98. The van der Waals surface area contributed by atoms with Crippen molar-refractivity contribution >= 4 is 5.91 Å². The first-order valence-electron chi connectivity index (χ1n) is 5.98. The summed E-state index contributed by atoms with van der Waals surface area (Å²) in [4.78, 5) is 11.7. The second kappa shape index (κ2) is 7.79. The summed E-state index contributed by atoms with van der Waals surface area (Å²) in [7, 11) is 0. The van der Waals surface area contributed by atoms with Crippen LogP contribution >= 0.6 is 0 Å². The number of aryl methyl sites for hydroxylation is 1. The number of benzene rings is 1. The van der Waals surface area contributed by atoms with E-state index in [1.165, 1.54) is 6.07 Å². The normalized spacial score (nSPS) is 10.4. The summed E-state index contributed by atoms with van der Waals surface area (Å²) in [6.45, 7) is 3.62. The maximum absolute atomic E-state index is 13.6. The number of rotatable bonds is 7. The number of hydrogen-bond donors (Lipinski definition) is 2. The molecule has 1 aromatic carbocycles. The lowest BCUT2D eigenvalue weighted by Gasteiger charge is -2.07. The van der Waals surface area contributed by atoms with Crippen LogP contribution < -0.4 is 11.1 Å². The number of amides is 1. The Morgan fingerprint density at radius 3 is 2.94 bits per heavy atom. The van der Waals surface area contributed by atoms with Crippen molar-refractivity contribution in [2.45, 2.75) is 13.3 Å². The van der Waals surface area contributed by atoms with E-state index in [2.05, 4.69) is 5.32 Å². The molecule has 0 aliphatic rings. The Morgan fingerprint density at radius 2 is 2.22 bits per heavy atom. The van der Waals surface area contributed by atoms with Crippen molar-refractivity contribution in [3.8, 4) is 0 Å². The summed E-state index contributed by atoms with van der Waals surface area (Å²) >= 11 is 0. The van der Waals surface area contributed by atoms with Crippen LogP contribution in [0.3, 0.4) is 0 Å². The summed E-state index contributed by atoms with van der Waals surface area (Å²) in [5.41, 5.74) is 5.81. The Balaban J connectivity index is 2.35. The number of carbonyl (C=O) groups excluding carboxylic acids is 1. The largest absolute Gasteiger partial charge is 0.380 e. The molecule has 0 fully saturated rings. The lowest BCUT2D eigenvalue weighted by molar-refractivity contribution is 0.0939. The van der Waals surface area contributed by atoms with Crippen LogP contribution in [0.1, 0.15) is 22.3 Å². The van der Waals surface area contributed by atoms with E-state index < -0.39 is 11.7 Å². The Morgan fingerprint density at radius 1 is 1.44 bits per heavy atom. The SMILES string of the molecule is Cc1cccc(C(=O)NCCCOCCN)c1F. The van der Waals surface area contributed by atoms with Gasteiger partial charge in [0.1, 0.15) is 5.82 Å². The third-order valence-corrected chi connectivity index (χ3v) is 2.45. The summed E-state index contributed by atoms with van der Waals surface area (Å²) in [6, 6.07) is 4.77. The Bertz CT molecular complexity index is 397. The molecule has 0 heterocycles. The van der Waals surface area contributed by atoms with Crippen molar-refractivity contribution in [3.63, 3.8) is 0 Å². The number of carbonyl (C=O) groups is 1. The molecule has 1 aromatic rings. The molecule has 0 aliphatic heterocycles. The maximum Gasteiger partial charge on any atom is 0.254 e. The minimum absolute atomic E-state index is 0.0814. The molecule has 1 rings (SSSR count). The van der Waals surface area contributed by atoms with Gasteiger partial charge in [-0.2, -0.15) is 0 Å². The Labute approximate surface area is 106 Å². The predicted octanol–water partition coefficient (Wildman–Crippen LogP) is 1.23. The molecule has 1 amide bonds. The van der Waals surface area contributed by atoms with Gasteiger partial charge in [0, 0.05) is 19.7 Å². The van der Waals surface area contributed by atoms with Gasteiger partial charge >= 0.3 is 0 Å². The number of halogens is 1. The highest BCUT2D eigenvalue weighted by Crippen LogP contribution is 2.11. The number of nitrogens with two attached hydrogens (primary N) is 1. The maximum atomic E-state index is 13.6. The zero-order valence-corrected chi connectivity index (χ0v) is 10.5. The van der Waals surface area contributed by atoms with Crippen LogP contribution in [0.2, 0.25) is 0 Å². The van der Waals surface area contributed by atoms with Gasteiger partial charge in [0.05, 0.1) is 12.2 Å². The molecule has 0 atom stereocenters. The molecule has 0 saturated carbocycles. The zero-order chi connectivity index (χ0) is 13.4. The average molecular weight is 254 g/mol. The van der Waals surface area contributed by atoms with Crippen molar-refractivity contribution in [2.24, 2.45) is 5.73 Å². The smallest absolute Gasteiger partial charge is 0.254 e. The summed E-state index contributed by atoms with van der Waals surface area (Å²) < 4.78 is 18.8. The molecule has 0 bridgehead atoms. The standard InChI is InChI=1S/C13H19FN2O2/c1-10-4-2-5-11(12(10)14)13(17)16-7-3-8-18-9-6-15/h2,4-5H,3,6-9,15H2,1H3,(H,16,17). The van der Waals surface area contributed by atoms with Gasteiger partial charge < -0.3 is 15.8 Å². The lowest BCUT2D eigenvalue weighted by atomic mass is 10.1. The van der Waals surface area contributed by atoms with Gasteiger partial charge in [-0.1, -0.05) is 12.1 Å². The van der Waals surface area contributed by atoms with Crippen LogP contribution in [0.15, 0.2) is 18.2 Å². The van der Waals surface area contributed by atoms with E-state index >= 15 is 0 Å². The highest BCUT2D eigenvalue weighted by Gasteiger charge is 2.11. The third kappa shape index (κ3) is 4.43. The van der Waals surface area contributed by atoms with Gasteiger partial charge in [-0.05, 0) is 25.0 Å². The van der Waals surface area contributed by atoms with Gasteiger partial charge in [-0.25, -0.2) is 4.39 Å². The monoisotopic (exact) mass is 254 g/mol. The first kappa shape index (κ1) is 14.6. The van der Waals surface area contributed by atoms with Gasteiger partial charge in [0.25, 0.3) is 5.91 Å². The molecule has 0 unspecified atom stereocenters. The van der Waals surface area contributed by atoms with E-state index in [-0.39, 0.29) is 5.56 Å². The molecule has 3 N–H and O–H groups in total. The molecular formula is C13H19FN2O2.